The molecular weight excluding hydrogens is 354 g/mol. The number of benzene rings is 1. The Labute approximate surface area is 137 Å². The van der Waals surface area contributed by atoms with Crippen LogP contribution in [-0.4, -0.2) is 16.7 Å². The van der Waals surface area contributed by atoms with Crippen LogP contribution < -0.4 is 5.32 Å². The van der Waals surface area contributed by atoms with E-state index in [-0.39, 0.29) is 6.04 Å². The summed E-state index contributed by atoms with van der Waals surface area (Å²) in [4.78, 5) is 4.54. The molecule has 1 N–H and O–H groups in total. The minimum atomic E-state index is 0.167. The molecule has 1 aromatic heterocycles. The van der Waals surface area contributed by atoms with Gasteiger partial charge in [0.05, 0.1) is 11.1 Å². The van der Waals surface area contributed by atoms with E-state index in [1.807, 2.05) is 18.2 Å². The zero-order chi connectivity index (χ0) is 14.8. The summed E-state index contributed by atoms with van der Waals surface area (Å²) < 4.78 is 6.28. The van der Waals surface area contributed by atoms with Gasteiger partial charge in [-0.15, -0.1) is 0 Å². The van der Waals surface area contributed by atoms with Crippen molar-refractivity contribution in [3.8, 4) is 11.4 Å². The molecule has 4 nitrogen and oxygen atoms in total. The first-order chi connectivity index (χ1) is 10.2. The summed E-state index contributed by atoms with van der Waals surface area (Å²) in [5.74, 6) is 2.01. The number of hydrogen-bond donors (Lipinski definition) is 1. The first-order valence-corrected chi connectivity index (χ1v) is 8.37. The van der Waals surface area contributed by atoms with Crippen molar-refractivity contribution >= 4 is 27.5 Å². The highest BCUT2D eigenvalue weighted by molar-refractivity contribution is 9.10. The molecule has 21 heavy (non-hydrogen) atoms. The van der Waals surface area contributed by atoms with Crippen LogP contribution in [0.3, 0.4) is 0 Å². The molecule has 2 unspecified atom stereocenters. The van der Waals surface area contributed by atoms with Crippen molar-refractivity contribution in [2.75, 3.05) is 6.54 Å². The molecule has 0 bridgehead atoms. The van der Waals surface area contributed by atoms with Gasteiger partial charge in [0.1, 0.15) is 0 Å². The van der Waals surface area contributed by atoms with Crippen LogP contribution in [0.5, 0.6) is 0 Å². The lowest BCUT2D eigenvalue weighted by Gasteiger charge is -2.27. The number of halogens is 2. The van der Waals surface area contributed by atoms with E-state index < -0.39 is 0 Å². The molecule has 6 heteroatoms. The number of piperidine rings is 1. The van der Waals surface area contributed by atoms with Gasteiger partial charge in [-0.3, -0.25) is 0 Å². The highest BCUT2D eigenvalue weighted by atomic mass is 79.9. The molecule has 1 saturated heterocycles. The Morgan fingerprint density at radius 2 is 2.33 bits per heavy atom. The zero-order valence-electron chi connectivity index (χ0n) is 11.8. The molecule has 1 aliphatic heterocycles. The van der Waals surface area contributed by atoms with Crippen LogP contribution in [-0.2, 0) is 0 Å². The first-order valence-electron chi connectivity index (χ1n) is 7.19. The van der Waals surface area contributed by atoms with Gasteiger partial charge in [-0.2, -0.15) is 4.98 Å². The number of hydrogen-bond acceptors (Lipinski definition) is 4. The Kier molecular flexibility index (Phi) is 4.62. The third kappa shape index (κ3) is 3.30. The topological polar surface area (TPSA) is 51.0 Å². The van der Waals surface area contributed by atoms with Gasteiger partial charge >= 0.3 is 0 Å². The number of nitrogens with one attached hydrogen (secondary N) is 1. The van der Waals surface area contributed by atoms with Crippen LogP contribution in [0.15, 0.2) is 27.2 Å². The molecule has 2 atom stereocenters. The molecular formula is C15H17BrClN3O. The summed E-state index contributed by atoms with van der Waals surface area (Å²) in [5.41, 5.74) is 0.893. The monoisotopic (exact) mass is 369 g/mol. The minimum absolute atomic E-state index is 0.167. The summed E-state index contributed by atoms with van der Waals surface area (Å²) in [6.07, 6.45) is 3.48. The summed E-state index contributed by atoms with van der Waals surface area (Å²) >= 11 is 9.42. The molecule has 2 heterocycles. The summed E-state index contributed by atoms with van der Waals surface area (Å²) in [7, 11) is 0. The van der Waals surface area contributed by atoms with Crippen molar-refractivity contribution < 1.29 is 4.52 Å². The standard InChI is InChI=1S/C15H17BrClN3O/c1-2-9-5-6-18-13(7-9)15-19-14(20-21-15)10-3-4-12(17)11(16)8-10/h3-4,8-9,13,18H,2,5-7H2,1H3. The molecule has 2 aromatic rings. The average Bonchev–Trinajstić information content (AvgIpc) is 3.00. The maximum atomic E-state index is 6.01. The number of aromatic nitrogens is 2. The van der Waals surface area contributed by atoms with Crippen molar-refractivity contribution in [2.45, 2.75) is 32.2 Å². The lowest BCUT2D eigenvalue weighted by molar-refractivity contribution is 0.246. The van der Waals surface area contributed by atoms with Crippen LogP contribution in [0.4, 0.5) is 0 Å². The molecule has 1 fully saturated rings. The summed E-state index contributed by atoms with van der Waals surface area (Å²) in [6.45, 7) is 3.24. The van der Waals surface area contributed by atoms with Crippen LogP contribution in [0, 0.1) is 5.92 Å². The van der Waals surface area contributed by atoms with Crippen LogP contribution in [0.1, 0.15) is 38.1 Å². The zero-order valence-corrected chi connectivity index (χ0v) is 14.1. The predicted molar refractivity (Wildman–Crippen MR) is 86.2 cm³/mol. The normalized spacial score (nSPS) is 22.4. The number of nitrogens with zero attached hydrogens (tertiary/aromatic N) is 2. The van der Waals surface area contributed by atoms with Crippen molar-refractivity contribution in [3.63, 3.8) is 0 Å². The lowest BCUT2D eigenvalue weighted by Crippen LogP contribution is -2.31. The smallest absolute Gasteiger partial charge is 0.244 e. The van der Waals surface area contributed by atoms with Gasteiger partial charge in [0, 0.05) is 10.0 Å². The van der Waals surface area contributed by atoms with Gasteiger partial charge in [-0.25, -0.2) is 0 Å². The van der Waals surface area contributed by atoms with Crippen molar-refractivity contribution in [1.82, 2.24) is 15.5 Å². The molecule has 1 aromatic carbocycles. The van der Waals surface area contributed by atoms with Gasteiger partial charge in [0.15, 0.2) is 0 Å². The fraction of sp³-hybridized carbons (Fsp3) is 0.467. The van der Waals surface area contributed by atoms with Gasteiger partial charge in [0.2, 0.25) is 11.7 Å². The first kappa shape index (κ1) is 15.0. The number of rotatable bonds is 3. The van der Waals surface area contributed by atoms with E-state index in [2.05, 4.69) is 38.3 Å². The van der Waals surface area contributed by atoms with Crippen molar-refractivity contribution in [1.29, 1.82) is 0 Å². The molecule has 0 spiro atoms. The van der Waals surface area contributed by atoms with Gasteiger partial charge in [-0.1, -0.05) is 30.1 Å². The Morgan fingerprint density at radius 3 is 3.10 bits per heavy atom. The largest absolute Gasteiger partial charge is 0.337 e. The van der Waals surface area contributed by atoms with E-state index in [0.29, 0.717) is 16.7 Å². The highest BCUT2D eigenvalue weighted by Gasteiger charge is 2.26. The molecule has 3 rings (SSSR count). The molecule has 1 aliphatic rings. The predicted octanol–water partition coefficient (Wildman–Crippen LogP) is 4.60. The van der Waals surface area contributed by atoms with Gasteiger partial charge in [0.25, 0.3) is 0 Å². The summed E-state index contributed by atoms with van der Waals surface area (Å²) in [6, 6.07) is 5.79. The third-order valence-electron chi connectivity index (χ3n) is 4.01. The fourth-order valence-electron chi connectivity index (χ4n) is 2.68. The van der Waals surface area contributed by atoms with E-state index in [9.17, 15) is 0 Å². The Morgan fingerprint density at radius 1 is 1.48 bits per heavy atom. The van der Waals surface area contributed by atoms with Crippen molar-refractivity contribution in [3.05, 3.63) is 33.6 Å². The average molecular weight is 371 g/mol. The van der Waals surface area contributed by atoms with E-state index in [1.54, 1.807) is 0 Å². The Balaban J connectivity index is 1.81. The third-order valence-corrected chi connectivity index (χ3v) is 5.22. The van der Waals surface area contributed by atoms with E-state index in [4.69, 9.17) is 16.1 Å². The molecule has 0 aliphatic carbocycles. The molecule has 0 amide bonds. The Bertz CT molecular complexity index is 631. The lowest BCUT2D eigenvalue weighted by atomic mass is 9.90. The van der Waals surface area contributed by atoms with Crippen LogP contribution >= 0.6 is 27.5 Å². The maximum absolute atomic E-state index is 6.01. The minimum Gasteiger partial charge on any atom is -0.337 e. The SMILES string of the molecule is CCC1CCNC(c2nc(-c3ccc(Cl)c(Br)c3)no2)C1. The molecule has 112 valence electrons. The fourth-order valence-corrected chi connectivity index (χ4v) is 3.18. The second kappa shape index (κ2) is 6.46. The molecule has 0 radical (unpaired) electrons. The highest BCUT2D eigenvalue weighted by Crippen LogP contribution is 2.31. The van der Waals surface area contributed by atoms with Crippen molar-refractivity contribution in [2.24, 2.45) is 5.92 Å². The van der Waals surface area contributed by atoms with Crippen LogP contribution in [0.2, 0.25) is 5.02 Å². The van der Waals surface area contributed by atoms with E-state index >= 15 is 0 Å². The van der Waals surface area contributed by atoms with Crippen LogP contribution in [0.25, 0.3) is 11.4 Å². The van der Waals surface area contributed by atoms with E-state index in [1.165, 1.54) is 12.8 Å². The van der Waals surface area contributed by atoms with Gasteiger partial charge in [-0.05, 0) is 59.4 Å². The summed E-state index contributed by atoms with van der Waals surface area (Å²) in [5, 5.41) is 8.22. The van der Waals surface area contributed by atoms with E-state index in [0.717, 1.165) is 28.9 Å². The quantitative estimate of drug-likeness (QED) is 0.857. The second-order valence-corrected chi connectivity index (χ2v) is 6.65. The van der Waals surface area contributed by atoms with Gasteiger partial charge < -0.3 is 9.84 Å². The second-order valence-electron chi connectivity index (χ2n) is 5.39. The Hall–Kier alpha value is -0.910. The molecule has 0 saturated carbocycles. The maximum Gasteiger partial charge on any atom is 0.244 e.